The lowest BCUT2D eigenvalue weighted by Crippen LogP contribution is -1.82. The van der Waals surface area contributed by atoms with Crippen molar-refractivity contribution in [3.05, 3.63) is 66.5 Å². The van der Waals surface area contributed by atoms with E-state index in [2.05, 4.69) is 54.4 Å². The summed E-state index contributed by atoms with van der Waals surface area (Å²) in [5.74, 6) is 0. The summed E-state index contributed by atoms with van der Waals surface area (Å²) in [6.45, 7) is 2.17. The number of fused-ring (bicyclic) bond motifs is 3. The highest BCUT2D eigenvalue weighted by molar-refractivity contribution is 6.09. The molecule has 2 nitrogen and oxygen atoms in total. The third-order valence-corrected chi connectivity index (χ3v) is 3.97. The number of aromatic nitrogens is 1. The number of aryl methyl sites for hydroxylation is 1. The maximum Gasteiger partial charge on any atom is 0.153 e. The van der Waals surface area contributed by atoms with Crippen LogP contribution < -0.4 is 0 Å². The lowest BCUT2D eigenvalue weighted by atomic mass is 10.0. The topological polar surface area (TPSA) is 26.0 Å². The van der Waals surface area contributed by atoms with Crippen molar-refractivity contribution in [1.82, 2.24) is 4.98 Å². The summed E-state index contributed by atoms with van der Waals surface area (Å²) in [6, 6.07) is 17.0. The van der Waals surface area contributed by atoms with Crippen LogP contribution in [0.25, 0.3) is 33.1 Å². The van der Waals surface area contributed by atoms with Crippen molar-refractivity contribution in [1.29, 1.82) is 0 Å². The first kappa shape index (κ1) is 12.2. The highest BCUT2D eigenvalue weighted by atomic mass is 16.3. The summed E-state index contributed by atoms with van der Waals surface area (Å²) in [7, 11) is 0. The van der Waals surface area contributed by atoms with Crippen LogP contribution in [-0.4, -0.2) is 4.98 Å². The number of furan rings is 1. The first-order valence-corrected chi connectivity index (χ1v) is 7.21. The molecule has 4 rings (SSSR count). The summed E-state index contributed by atoms with van der Waals surface area (Å²) >= 11 is 0. The number of hydrogen-bond acceptors (Lipinski definition) is 2. The molecule has 0 N–H and O–H groups in total. The van der Waals surface area contributed by atoms with Gasteiger partial charge in [-0.05, 0) is 23.6 Å². The molecule has 0 aliphatic heterocycles. The van der Waals surface area contributed by atoms with Crippen molar-refractivity contribution in [3.8, 4) is 11.1 Å². The normalized spacial score (nSPS) is 11.3. The van der Waals surface area contributed by atoms with Crippen LogP contribution in [-0.2, 0) is 6.42 Å². The number of para-hydroxylation sites is 1. The molecule has 0 aliphatic carbocycles. The van der Waals surface area contributed by atoms with E-state index in [1.54, 1.807) is 12.4 Å². The molecular weight excluding hydrogens is 258 g/mol. The van der Waals surface area contributed by atoms with E-state index >= 15 is 0 Å². The Labute approximate surface area is 123 Å². The molecule has 2 aromatic carbocycles. The molecule has 0 saturated heterocycles. The summed E-state index contributed by atoms with van der Waals surface area (Å²) < 4.78 is 6.03. The molecule has 0 spiro atoms. The van der Waals surface area contributed by atoms with E-state index in [1.807, 2.05) is 6.07 Å². The van der Waals surface area contributed by atoms with Crippen LogP contribution in [0.1, 0.15) is 12.5 Å². The van der Waals surface area contributed by atoms with Gasteiger partial charge < -0.3 is 4.42 Å². The van der Waals surface area contributed by atoms with Gasteiger partial charge in [0.25, 0.3) is 0 Å². The van der Waals surface area contributed by atoms with Gasteiger partial charge in [0.05, 0.1) is 6.20 Å². The minimum absolute atomic E-state index is 0.838. The van der Waals surface area contributed by atoms with Gasteiger partial charge in [-0.1, -0.05) is 49.4 Å². The fraction of sp³-hybridized carbons (Fsp3) is 0.105. The van der Waals surface area contributed by atoms with Crippen LogP contribution >= 0.6 is 0 Å². The molecule has 0 saturated carbocycles. The second-order valence-corrected chi connectivity index (χ2v) is 5.21. The Balaban J connectivity index is 1.99. The quantitative estimate of drug-likeness (QED) is 0.501. The van der Waals surface area contributed by atoms with Gasteiger partial charge in [0.2, 0.25) is 0 Å². The summed E-state index contributed by atoms with van der Waals surface area (Å²) in [4.78, 5) is 4.14. The van der Waals surface area contributed by atoms with E-state index in [9.17, 15) is 0 Å². The SMILES string of the molecule is CCc1ccc(-c2cccc3c2oc2cnccc23)cc1. The Bertz CT molecular complexity index is 919. The molecule has 0 amide bonds. The zero-order valence-corrected chi connectivity index (χ0v) is 11.8. The van der Waals surface area contributed by atoms with Gasteiger partial charge >= 0.3 is 0 Å². The number of rotatable bonds is 2. The number of benzene rings is 2. The predicted molar refractivity (Wildman–Crippen MR) is 86.3 cm³/mol. The van der Waals surface area contributed by atoms with Crippen LogP contribution in [0.3, 0.4) is 0 Å². The van der Waals surface area contributed by atoms with Crippen molar-refractivity contribution in [2.45, 2.75) is 13.3 Å². The van der Waals surface area contributed by atoms with Gasteiger partial charge in [-0.15, -0.1) is 0 Å². The average Bonchev–Trinajstić information content (AvgIpc) is 2.94. The number of nitrogens with zero attached hydrogens (tertiary/aromatic N) is 1. The molecular formula is C19H15NO. The molecule has 0 atom stereocenters. The van der Waals surface area contributed by atoms with Crippen LogP contribution in [0.5, 0.6) is 0 Å². The van der Waals surface area contributed by atoms with Crippen LogP contribution in [0.2, 0.25) is 0 Å². The Morgan fingerprint density at radius 2 is 1.81 bits per heavy atom. The molecule has 0 radical (unpaired) electrons. The fourth-order valence-corrected chi connectivity index (χ4v) is 2.80. The molecule has 0 aliphatic rings. The van der Waals surface area contributed by atoms with Crippen molar-refractivity contribution in [3.63, 3.8) is 0 Å². The van der Waals surface area contributed by atoms with Crippen molar-refractivity contribution in [2.24, 2.45) is 0 Å². The van der Waals surface area contributed by atoms with E-state index in [0.29, 0.717) is 0 Å². The van der Waals surface area contributed by atoms with Crippen LogP contribution in [0, 0.1) is 0 Å². The third-order valence-electron chi connectivity index (χ3n) is 3.97. The van der Waals surface area contributed by atoms with E-state index in [-0.39, 0.29) is 0 Å². The van der Waals surface area contributed by atoms with Gasteiger partial charge in [0, 0.05) is 22.5 Å². The fourth-order valence-electron chi connectivity index (χ4n) is 2.80. The van der Waals surface area contributed by atoms with Crippen LogP contribution in [0.4, 0.5) is 0 Å². The van der Waals surface area contributed by atoms with Crippen molar-refractivity contribution < 1.29 is 4.42 Å². The second-order valence-electron chi connectivity index (χ2n) is 5.21. The zero-order chi connectivity index (χ0) is 14.2. The van der Waals surface area contributed by atoms with Gasteiger partial charge in [-0.25, -0.2) is 0 Å². The van der Waals surface area contributed by atoms with Gasteiger partial charge in [-0.3, -0.25) is 4.98 Å². The zero-order valence-electron chi connectivity index (χ0n) is 11.8. The van der Waals surface area contributed by atoms with E-state index < -0.39 is 0 Å². The molecule has 2 heteroatoms. The first-order valence-electron chi connectivity index (χ1n) is 7.21. The Kier molecular flexibility index (Phi) is 2.74. The highest BCUT2D eigenvalue weighted by Crippen LogP contribution is 2.35. The lowest BCUT2D eigenvalue weighted by molar-refractivity contribution is 0.668. The smallest absolute Gasteiger partial charge is 0.153 e. The average molecular weight is 273 g/mol. The van der Waals surface area contributed by atoms with Crippen molar-refractivity contribution in [2.75, 3.05) is 0 Å². The second kappa shape index (κ2) is 4.74. The van der Waals surface area contributed by atoms with E-state index in [1.165, 1.54) is 11.1 Å². The first-order chi connectivity index (χ1) is 10.4. The third kappa shape index (κ3) is 1.91. The minimum Gasteiger partial charge on any atom is -0.454 e. The van der Waals surface area contributed by atoms with Gasteiger partial charge in [-0.2, -0.15) is 0 Å². The Morgan fingerprint density at radius 3 is 2.62 bits per heavy atom. The molecule has 21 heavy (non-hydrogen) atoms. The number of hydrogen-bond donors (Lipinski definition) is 0. The summed E-state index contributed by atoms with van der Waals surface area (Å²) in [5.41, 5.74) is 5.44. The molecule has 2 heterocycles. The maximum absolute atomic E-state index is 6.03. The Morgan fingerprint density at radius 1 is 0.952 bits per heavy atom. The number of pyridine rings is 1. The summed E-state index contributed by atoms with van der Waals surface area (Å²) in [6.07, 6.45) is 4.64. The predicted octanol–water partition coefficient (Wildman–Crippen LogP) is 5.21. The molecule has 0 bridgehead atoms. The Hall–Kier alpha value is -2.61. The molecule has 102 valence electrons. The lowest BCUT2D eigenvalue weighted by Gasteiger charge is -2.04. The molecule has 2 aromatic heterocycles. The van der Waals surface area contributed by atoms with Gasteiger partial charge in [0.1, 0.15) is 5.58 Å². The van der Waals surface area contributed by atoms with Crippen LogP contribution in [0.15, 0.2) is 65.3 Å². The summed E-state index contributed by atoms with van der Waals surface area (Å²) in [5, 5.41) is 2.26. The molecule has 0 unspecified atom stereocenters. The van der Waals surface area contributed by atoms with E-state index in [4.69, 9.17) is 4.42 Å². The van der Waals surface area contributed by atoms with Gasteiger partial charge in [0.15, 0.2) is 5.58 Å². The monoisotopic (exact) mass is 273 g/mol. The van der Waals surface area contributed by atoms with Crippen molar-refractivity contribution >= 4 is 21.9 Å². The molecule has 4 aromatic rings. The standard InChI is InChI=1S/C19H15NO/c1-2-13-6-8-14(9-7-13)15-4-3-5-17-16-10-11-20-12-18(16)21-19(15)17/h3-12H,2H2,1H3. The minimum atomic E-state index is 0.838. The maximum atomic E-state index is 6.03. The largest absolute Gasteiger partial charge is 0.454 e. The van der Waals surface area contributed by atoms with E-state index in [0.717, 1.165) is 33.9 Å². The highest BCUT2D eigenvalue weighted by Gasteiger charge is 2.11. The molecule has 0 fully saturated rings.